The van der Waals surface area contributed by atoms with Crippen molar-refractivity contribution in [2.24, 2.45) is 5.73 Å². The Labute approximate surface area is 130 Å². The average molecular weight is 348 g/mol. The number of halogens is 1. The quantitative estimate of drug-likeness (QED) is 0.744. The van der Waals surface area contributed by atoms with Gasteiger partial charge in [-0.1, -0.05) is 15.9 Å². The number of carbonyl (C=O) groups is 2. The predicted octanol–water partition coefficient (Wildman–Crippen LogP) is 2.69. The predicted molar refractivity (Wildman–Crippen MR) is 86.2 cm³/mol. The number of hydrogen-bond donors (Lipinski definition) is 3. The molecular weight excluding hydrogens is 334 g/mol. The summed E-state index contributed by atoms with van der Waals surface area (Å²) < 4.78 is 0.730. The minimum atomic E-state index is -0.504. The lowest BCUT2D eigenvalue weighted by Crippen LogP contribution is -2.15. The minimum Gasteiger partial charge on any atom is -0.399 e. The van der Waals surface area contributed by atoms with Crippen LogP contribution in [0.3, 0.4) is 0 Å². The number of aryl methyl sites for hydroxylation is 1. The Bertz CT molecular complexity index is 709. The van der Waals surface area contributed by atoms with Crippen LogP contribution in [0.25, 0.3) is 0 Å². The Morgan fingerprint density at radius 2 is 1.81 bits per heavy atom. The van der Waals surface area contributed by atoms with E-state index in [9.17, 15) is 9.59 Å². The van der Waals surface area contributed by atoms with Crippen molar-refractivity contribution in [1.82, 2.24) is 0 Å². The highest BCUT2D eigenvalue weighted by atomic mass is 79.9. The van der Waals surface area contributed by atoms with Crippen LogP contribution in [0.15, 0.2) is 40.9 Å². The van der Waals surface area contributed by atoms with Crippen molar-refractivity contribution in [2.75, 3.05) is 11.1 Å². The first-order valence-corrected chi connectivity index (χ1v) is 6.94. The Hall–Kier alpha value is -2.34. The number of carbonyl (C=O) groups excluding carboxylic acids is 2. The van der Waals surface area contributed by atoms with Gasteiger partial charge >= 0.3 is 0 Å². The van der Waals surface area contributed by atoms with E-state index in [1.807, 2.05) is 0 Å². The molecule has 0 unspecified atom stereocenters. The Kier molecular flexibility index (Phi) is 4.28. The number of nitrogens with two attached hydrogens (primary N) is 2. The van der Waals surface area contributed by atoms with Crippen molar-refractivity contribution in [1.29, 1.82) is 0 Å². The maximum Gasteiger partial charge on any atom is 0.255 e. The molecule has 0 radical (unpaired) electrons. The van der Waals surface area contributed by atoms with Gasteiger partial charge in [-0.15, -0.1) is 0 Å². The molecule has 6 heteroatoms. The van der Waals surface area contributed by atoms with Gasteiger partial charge in [0.1, 0.15) is 0 Å². The van der Waals surface area contributed by atoms with Crippen LogP contribution in [0, 0.1) is 6.92 Å². The Morgan fingerprint density at radius 3 is 2.38 bits per heavy atom. The van der Waals surface area contributed by atoms with E-state index in [0.29, 0.717) is 22.5 Å². The molecule has 2 aromatic rings. The molecule has 0 saturated carbocycles. The first-order chi connectivity index (χ1) is 9.86. The van der Waals surface area contributed by atoms with Gasteiger partial charge in [-0.3, -0.25) is 9.59 Å². The van der Waals surface area contributed by atoms with E-state index in [4.69, 9.17) is 11.5 Å². The van der Waals surface area contributed by atoms with Crippen LogP contribution in [0.2, 0.25) is 0 Å². The summed E-state index contributed by atoms with van der Waals surface area (Å²) in [5.41, 5.74) is 13.6. The third kappa shape index (κ3) is 3.61. The summed E-state index contributed by atoms with van der Waals surface area (Å²) in [6, 6.07) is 9.83. The van der Waals surface area contributed by atoms with Crippen LogP contribution in [-0.2, 0) is 0 Å². The summed E-state index contributed by atoms with van der Waals surface area (Å²) in [4.78, 5) is 23.3. The second kappa shape index (κ2) is 5.97. The van der Waals surface area contributed by atoms with Crippen molar-refractivity contribution in [2.45, 2.75) is 6.92 Å². The van der Waals surface area contributed by atoms with E-state index < -0.39 is 5.91 Å². The van der Waals surface area contributed by atoms with Crippen molar-refractivity contribution in [3.8, 4) is 0 Å². The van der Waals surface area contributed by atoms with Crippen molar-refractivity contribution in [3.05, 3.63) is 57.6 Å². The molecule has 0 aliphatic rings. The third-order valence-electron chi connectivity index (χ3n) is 2.94. The standard InChI is InChI=1S/C15H14BrN3O2/c1-8-4-9(14(18)20)2-3-13(8)19-15(21)10-5-11(16)7-12(17)6-10/h2-7H,17H2,1H3,(H2,18,20)(H,19,21). The molecule has 5 nitrogen and oxygen atoms in total. The van der Waals surface area contributed by atoms with E-state index in [1.165, 1.54) is 0 Å². The number of anilines is 2. The molecule has 0 heterocycles. The minimum absolute atomic E-state index is 0.280. The van der Waals surface area contributed by atoms with Gasteiger partial charge in [-0.05, 0) is 48.9 Å². The number of primary amides is 1. The molecule has 108 valence electrons. The zero-order valence-electron chi connectivity index (χ0n) is 11.3. The lowest BCUT2D eigenvalue weighted by molar-refractivity contribution is 0.0998. The number of rotatable bonds is 3. The molecule has 21 heavy (non-hydrogen) atoms. The van der Waals surface area contributed by atoms with Crippen LogP contribution in [0.4, 0.5) is 11.4 Å². The number of nitrogens with one attached hydrogen (secondary N) is 1. The molecule has 0 aliphatic heterocycles. The fourth-order valence-electron chi connectivity index (χ4n) is 1.90. The molecule has 2 rings (SSSR count). The monoisotopic (exact) mass is 347 g/mol. The second-order valence-corrected chi connectivity index (χ2v) is 5.54. The van der Waals surface area contributed by atoms with E-state index in [2.05, 4.69) is 21.2 Å². The van der Waals surface area contributed by atoms with Gasteiger partial charge in [0.05, 0.1) is 0 Å². The molecule has 0 atom stereocenters. The van der Waals surface area contributed by atoms with Gasteiger partial charge in [0.2, 0.25) is 5.91 Å². The van der Waals surface area contributed by atoms with E-state index in [-0.39, 0.29) is 5.91 Å². The molecule has 0 saturated heterocycles. The largest absolute Gasteiger partial charge is 0.399 e. The van der Waals surface area contributed by atoms with Crippen LogP contribution in [0.5, 0.6) is 0 Å². The fraction of sp³-hybridized carbons (Fsp3) is 0.0667. The molecule has 2 amide bonds. The molecule has 2 aromatic carbocycles. The van der Waals surface area contributed by atoms with Gasteiger partial charge < -0.3 is 16.8 Å². The van der Waals surface area contributed by atoms with Gasteiger partial charge in [0, 0.05) is 27.0 Å². The van der Waals surface area contributed by atoms with Gasteiger partial charge in [-0.2, -0.15) is 0 Å². The Balaban J connectivity index is 2.25. The zero-order valence-corrected chi connectivity index (χ0v) is 12.9. The lowest BCUT2D eigenvalue weighted by Gasteiger charge is -2.10. The van der Waals surface area contributed by atoms with E-state index in [1.54, 1.807) is 43.3 Å². The van der Waals surface area contributed by atoms with E-state index in [0.717, 1.165) is 10.0 Å². The normalized spacial score (nSPS) is 10.2. The van der Waals surface area contributed by atoms with Crippen LogP contribution in [0.1, 0.15) is 26.3 Å². The average Bonchev–Trinajstić information content (AvgIpc) is 2.39. The number of nitrogen functional groups attached to an aromatic ring is 1. The topological polar surface area (TPSA) is 98.2 Å². The molecular formula is C15H14BrN3O2. The highest BCUT2D eigenvalue weighted by Crippen LogP contribution is 2.20. The van der Waals surface area contributed by atoms with Gasteiger partial charge in [0.15, 0.2) is 0 Å². The maximum atomic E-state index is 12.2. The summed E-state index contributed by atoms with van der Waals surface area (Å²) in [6.07, 6.45) is 0. The number of amides is 2. The van der Waals surface area contributed by atoms with Crippen LogP contribution in [-0.4, -0.2) is 11.8 Å². The highest BCUT2D eigenvalue weighted by Gasteiger charge is 2.10. The van der Waals surface area contributed by atoms with Gasteiger partial charge in [-0.25, -0.2) is 0 Å². The van der Waals surface area contributed by atoms with Crippen molar-refractivity contribution >= 4 is 39.1 Å². The molecule has 0 bridgehead atoms. The van der Waals surface area contributed by atoms with Crippen LogP contribution >= 0.6 is 15.9 Å². The summed E-state index contributed by atoms with van der Waals surface area (Å²) in [7, 11) is 0. The summed E-state index contributed by atoms with van der Waals surface area (Å²) in [5, 5.41) is 2.78. The SMILES string of the molecule is Cc1cc(C(N)=O)ccc1NC(=O)c1cc(N)cc(Br)c1. The maximum absolute atomic E-state index is 12.2. The lowest BCUT2D eigenvalue weighted by atomic mass is 10.1. The fourth-order valence-corrected chi connectivity index (χ4v) is 2.41. The van der Waals surface area contributed by atoms with E-state index >= 15 is 0 Å². The molecule has 0 aromatic heterocycles. The molecule has 5 N–H and O–H groups in total. The van der Waals surface area contributed by atoms with Gasteiger partial charge in [0.25, 0.3) is 5.91 Å². The van der Waals surface area contributed by atoms with Crippen molar-refractivity contribution < 1.29 is 9.59 Å². The number of hydrogen-bond acceptors (Lipinski definition) is 3. The van der Waals surface area contributed by atoms with Crippen LogP contribution < -0.4 is 16.8 Å². The number of benzene rings is 2. The first kappa shape index (κ1) is 15.1. The molecule has 0 spiro atoms. The van der Waals surface area contributed by atoms with Crippen molar-refractivity contribution in [3.63, 3.8) is 0 Å². The summed E-state index contributed by atoms with van der Waals surface area (Å²) >= 11 is 3.30. The summed E-state index contributed by atoms with van der Waals surface area (Å²) in [6.45, 7) is 1.79. The zero-order chi connectivity index (χ0) is 15.6. The summed E-state index contributed by atoms with van der Waals surface area (Å²) in [5.74, 6) is -0.784. The highest BCUT2D eigenvalue weighted by molar-refractivity contribution is 9.10. The first-order valence-electron chi connectivity index (χ1n) is 6.14. The second-order valence-electron chi connectivity index (χ2n) is 4.62. The third-order valence-corrected chi connectivity index (χ3v) is 3.40. The molecule has 0 fully saturated rings. The molecule has 0 aliphatic carbocycles. The Morgan fingerprint density at radius 1 is 1.10 bits per heavy atom. The smallest absolute Gasteiger partial charge is 0.255 e.